The number of amides is 1. The van der Waals surface area contributed by atoms with E-state index in [9.17, 15) is 4.79 Å². The van der Waals surface area contributed by atoms with Crippen molar-refractivity contribution in [2.45, 2.75) is 6.04 Å². The molecule has 1 heterocycles. The Morgan fingerprint density at radius 3 is 2.17 bits per heavy atom. The lowest BCUT2D eigenvalue weighted by Crippen LogP contribution is -2.47. The first-order chi connectivity index (χ1) is 11.7. The first kappa shape index (κ1) is 16.7. The molecular formula is C20H25N3O. The molecule has 1 fully saturated rings. The quantitative estimate of drug-likeness (QED) is 0.918. The topological polar surface area (TPSA) is 35.6 Å². The molecule has 0 radical (unpaired) electrons. The fourth-order valence-electron chi connectivity index (χ4n) is 3.04. The number of nitrogens with one attached hydrogen (secondary N) is 1. The van der Waals surface area contributed by atoms with Crippen LogP contribution in [-0.4, -0.2) is 55.5 Å². The second kappa shape index (κ2) is 8.08. The second-order valence-corrected chi connectivity index (χ2v) is 6.41. The molecule has 1 saturated heterocycles. The van der Waals surface area contributed by atoms with Crippen LogP contribution in [0.4, 0.5) is 0 Å². The van der Waals surface area contributed by atoms with Crippen LogP contribution < -0.4 is 5.32 Å². The van der Waals surface area contributed by atoms with Crippen molar-refractivity contribution in [2.75, 3.05) is 39.8 Å². The summed E-state index contributed by atoms with van der Waals surface area (Å²) in [6.45, 7) is 5.08. The number of carbonyl (C=O) groups is 1. The van der Waals surface area contributed by atoms with Crippen LogP contribution in [0.3, 0.4) is 0 Å². The predicted molar refractivity (Wildman–Crippen MR) is 97.0 cm³/mol. The van der Waals surface area contributed by atoms with E-state index in [1.807, 2.05) is 48.5 Å². The Hall–Kier alpha value is -2.17. The number of hydrogen-bond acceptors (Lipinski definition) is 3. The minimum atomic E-state index is -0.0152. The highest BCUT2D eigenvalue weighted by Gasteiger charge is 2.21. The van der Waals surface area contributed by atoms with Crippen LogP contribution in [0.1, 0.15) is 22.0 Å². The van der Waals surface area contributed by atoms with Gasteiger partial charge in [-0.15, -0.1) is 0 Å². The Labute approximate surface area is 144 Å². The Bertz CT molecular complexity index is 636. The van der Waals surface area contributed by atoms with Gasteiger partial charge < -0.3 is 10.2 Å². The zero-order valence-corrected chi connectivity index (χ0v) is 14.2. The van der Waals surface area contributed by atoms with Gasteiger partial charge in [0.25, 0.3) is 5.91 Å². The number of rotatable bonds is 5. The van der Waals surface area contributed by atoms with Crippen molar-refractivity contribution < 1.29 is 4.79 Å². The van der Waals surface area contributed by atoms with E-state index >= 15 is 0 Å². The highest BCUT2D eigenvalue weighted by molar-refractivity contribution is 5.94. The molecule has 0 bridgehead atoms. The van der Waals surface area contributed by atoms with Gasteiger partial charge in [0.1, 0.15) is 0 Å². The summed E-state index contributed by atoms with van der Waals surface area (Å²) in [6, 6.07) is 19.7. The molecule has 1 aliphatic heterocycles. The van der Waals surface area contributed by atoms with Crippen molar-refractivity contribution in [2.24, 2.45) is 0 Å². The fourth-order valence-corrected chi connectivity index (χ4v) is 3.04. The summed E-state index contributed by atoms with van der Waals surface area (Å²) < 4.78 is 0. The maximum absolute atomic E-state index is 12.6. The summed E-state index contributed by atoms with van der Waals surface area (Å²) in [5.74, 6) is -0.0152. The molecule has 1 aliphatic rings. The van der Waals surface area contributed by atoms with Crippen molar-refractivity contribution >= 4 is 5.91 Å². The summed E-state index contributed by atoms with van der Waals surface area (Å²) in [7, 11) is 2.16. The largest absolute Gasteiger partial charge is 0.344 e. The third-order valence-electron chi connectivity index (χ3n) is 4.58. The molecule has 0 aliphatic carbocycles. The summed E-state index contributed by atoms with van der Waals surface area (Å²) in [4.78, 5) is 17.4. The molecule has 0 saturated carbocycles. The summed E-state index contributed by atoms with van der Waals surface area (Å²) in [6.07, 6.45) is 0. The lowest BCUT2D eigenvalue weighted by Gasteiger charge is -2.35. The van der Waals surface area contributed by atoms with Gasteiger partial charge in [-0.05, 0) is 24.7 Å². The second-order valence-electron chi connectivity index (χ2n) is 6.41. The van der Waals surface area contributed by atoms with E-state index in [1.165, 1.54) is 0 Å². The highest BCUT2D eigenvalue weighted by Crippen LogP contribution is 2.16. The molecule has 0 aromatic heterocycles. The number of nitrogens with zero attached hydrogens (tertiary/aromatic N) is 2. The van der Waals surface area contributed by atoms with Gasteiger partial charge in [0.2, 0.25) is 0 Å². The first-order valence-electron chi connectivity index (χ1n) is 8.54. The van der Waals surface area contributed by atoms with Gasteiger partial charge in [0.05, 0.1) is 6.04 Å². The minimum absolute atomic E-state index is 0.00214. The Morgan fingerprint density at radius 2 is 1.54 bits per heavy atom. The van der Waals surface area contributed by atoms with E-state index in [-0.39, 0.29) is 11.9 Å². The Balaban J connectivity index is 1.71. The van der Waals surface area contributed by atoms with E-state index in [0.717, 1.165) is 38.3 Å². The highest BCUT2D eigenvalue weighted by atomic mass is 16.1. The van der Waals surface area contributed by atoms with Gasteiger partial charge in [-0.3, -0.25) is 9.69 Å². The SMILES string of the molecule is CN1CCN(CC(NC(=O)c2ccccc2)c2ccccc2)CC1. The van der Waals surface area contributed by atoms with Gasteiger partial charge in [0, 0.05) is 38.3 Å². The van der Waals surface area contributed by atoms with Gasteiger partial charge in [0.15, 0.2) is 0 Å². The van der Waals surface area contributed by atoms with Gasteiger partial charge >= 0.3 is 0 Å². The average molecular weight is 323 g/mol. The number of piperazine rings is 1. The van der Waals surface area contributed by atoms with E-state index in [1.54, 1.807) is 0 Å². The van der Waals surface area contributed by atoms with Crippen molar-refractivity contribution in [1.82, 2.24) is 15.1 Å². The smallest absolute Gasteiger partial charge is 0.251 e. The maximum atomic E-state index is 12.6. The average Bonchev–Trinajstić information content (AvgIpc) is 2.64. The molecule has 3 rings (SSSR count). The number of likely N-dealkylation sites (N-methyl/N-ethyl adjacent to an activating group) is 1. The van der Waals surface area contributed by atoms with Crippen molar-refractivity contribution in [3.8, 4) is 0 Å². The summed E-state index contributed by atoms with van der Waals surface area (Å²) in [5, 5.41) is 3.21. The number of carbonyl (C=O) groups excluding carboxylic acids is 1. The molecule has 1 N–H and O–H groups in total. The normalized spacial score (nSPS) is 17.4. The zero-order chi connectivity index (χ0) is 16.8. The summed E-state index contributed by atoms with van der Waals surface area (Å²) >= 11 is 0. The molecule has 1 atom stereocenters. The van der Waals surface area contributed by atoms with Crippen molar-refractivity contribution in [1.29, 1.82) is 0 Å². The molecule has 2 aromatic carbocycles. The van der Waals surface area contributed by atoms with Crippen molar-refractivity contribution in [3.63, 3.8) is 0 Å². The Kier molecular flexibility index (Phi) is 5.62. The van der Waals surface area contributed by atoms with Crippen LogP contribution in [-0.2, 0) is 0 Å². The molecule has 4 nitrogen and oxygen atoms in total. The molecule has 2 aromatic rings. The standard InChI is InChI=1S/C20H25N3O/c1-22-12-14-23(15-13-22)16-19(17-8-4-2-5-9-17)21-20(24)18-10-6-3-7-11-18/h2-11,19H,12-16H2,1H3,(H,21,24). The van der Waals surface area contributed by atoms with Gasteiger partial charge in [-0.2, -0.15) is 0 Å². The van der Waals surface area contributed by atoms with E-state index in [4.69, 9.17) is 0 Å². The molecule has 24 heavy (non-hydrogen) atoms. The van der Waals surface area contributed by atoms with Crippen LogP contribution in [0.5, 0.6) is 0 Å². The zero-order valence-electron chi connectivity index (χ0n) is 14.2. The number of benzene rings is 2. The van der Waals surface area contributed by atoms with Crippen LogP contribution in [0.15, 0.2) is 60.7 Å². The van der Waals surface area contributed by atoms with Crippen LogP contribution in [0.25, 0.3) is 0 Å². The lowest BCUT2D eigenvalue weighted by molar-refractivity contribution is 0.0907. The monoisotopic (exact) mass is 323 g/mol. The van der Waals surface area contributed by atoms with E-state index in [0.29, 0.717) is 5.56 Å². The van der Waals surface area contributed by atoms with E-state index < -0.39 is 0 Å². The lowest BCUT2D eigenvalue weighted by atomic mass is 10.0. The first-order valence-corrected chi connectivity index (χ1v) is 8.54. The molecule has 1 unspecified atom stereocenters. The third kappa shape index (κ3) is 4.43. The molecule has 0 spiro atoms. The minimum Gasteiger partial charge on any atom is -0.344 e. The van der Waals surface area contributed by atoms with Crippen LogP contribution in [0, 0.1) is 0 Å². The molecule has 126 valence electrons. The number of hydrogen-bond donors (Lipinski definition) is 1. The maximum Gasteiger partial charge on any atom is 0.251 e. The van der Waals surface area contributed by atoms with Crippen LogP contribution >= 0.6 is 0 Å². The van der Waals surface area contributed by atoms with Gasteiger partial charge in [-0.1, -0.05) is 48.5 Å². The third-order valence-corrected chi connectivity index (χ3v) is 4.58. The van der Waals surface area contributed by atoms with Gasteiger partial charge in [-0.25, -0.2) is 0 Å². The molecular weight excluding hydrogens is 298 g/mol. The molecule has 1 amide bonds. The summed E-state index contributed by atoms with van der Waals surface area (Å²) in [5.41, 5.74) is 1.86. The van der Waals surface area contributed by atoms with Crippen molar-refractivity contribution in [3.05, 3.63) is 71.8 Å². The molecule has 4 heteroatoms. The predicted octanol–water partition coefficient (Wildman–Crippen LogP) is 2.41. The van der Waals surface area contributed by atoms with Crippen LogP contribution in [0.2, 0.25) is 0 Å². The Morgan fingerprint density at radius 1 is 0.958 bits per heavy atom. The van der Waals surface area contributed by atoms with E-state index in [2.05, 4.69) is 34.3 Å². The fraction of sp³-hybridized carbons (Fsp3) is 0.350.